The summed E-state index contributed by atoms with van der Waals surface area (Å²) in [6.45, 7) is 2.13. The fourth-order valence-corrected chi connectivity index (χ4v) is 2.41. The van der Waals surface area contributed by atoms with E-state index in [1.807, 2.05) is 18.3 Å². The topological polar surface area (TPSA) is 24.9 Å². The monoisotopic (exact) mass is 402 g/mol. The van der Waals surface area contributed by atoms with Crippen LogP contribution in [0.4, 0.5) is 5.69 Å². The molecule has 0 aliphatic rings. The van der Waals surface area contributed by atoms with Gasteiger partial charge in [-0.2, -0.15) is 0 Å². The normalized spacial score (nSPS) is 12.2. The highest BCUT2D eigenvalue weighted by Crippen LogP contribution is 2.26. The van der Waals surface area contributed by atoms with Crippen molar-refractivity contribution in [2.75, 3.05) is 5.32 Å². The van der Waals surface area contributed by atoms with Crippen LogP contribution in [0.15, 0.2) is 47.2 Å². The molecule has 0 spiro atoms. The Balaban J connectivity index is 2.18. The minimum Gasteiger partial charge on any atom is -0.378 e. The summed E-state index contributed by atoms with van der Waals surface area (Å²) in [5.74, 6) is 0. The summed E-state index contributed by atoms with van der Waals surface area (Å²) in [5, 5.41) is 3.49. The number of hydrogen-bond acceptors (Lipinski definition) is 2. The first kappa shape index (κ1) is 12.8. The van der Waals surface area contributed by atoms with Gasteiger partial charge in [0, 0.05) is 26.1 Å². The molecule has 2 aromatic rings. The van der Waals surface area contributed by atoms with Gasteiger partial charge in [0.05, 0.1) is 6.04 Å². The van der Waals surface area contributed by atoms with Crippen LogP contribution in [0.5, 0.6) is 0 Å². The van der Waals surface area contributed by atoms with E-state index in [4.69, 9.17) is 0 Å². The van der Waals surface area contributed by atoms with E-state index >= 15 is 0 Å². The molecule has 1 aromatic heterocycles. The summed E-state index contributed by atoms with van der Waals surface area (Å²) in [4.78, 5) is 4.14. The van der Waals surface area contributed by atoms with Crippen molar-refractivity contribution in [2.45, 2.75) is 13.0 Å². The number of halogens is 2. The van der Waals surface area contributed by atoms with Gasteiger partial charge in [-0.25, -0.2) is 0 Å². The minimum atomic E-state index is 0.242. The van der Waals surface area contributed by atoms with Crippen LogP contribution in [0.3, 0.4) is 0 Å². The number of aromatic nitrogens is 1. The van der Waals surface area contributed by atoms with E-state index in [2.05, 4.69) is 73.9 Å². The summed E-state index contributed by atoms with van der Waals surface area (Å²) >= 11 is 5.82. The third kappa shape index (κ3) is 3.42. The van der Waals surface area contributed by atoms with Crippen LogP contribution in [-0.2, 0) is 0 Å². The number of nitrogens with one attached hydrogen (secondary N) is 1. The average molecular weight is 403 g/mol. The van der Waals surface area contributed by atoms with Crippen LogP contribution >= 0.6 is 38.5 Å². The van der Waals surface area contributed by atoms with E-state index in [9.17, 15) is 0 Å². The number of pyridine rings is 1. The molecule has 0 radical (unpaired) electrons. The first-order valence-electron chi connectivity index (χ1n) is 5.28. The fourth-order valence-electron chi connectivity index (χ4n) is 1.56. The van der Waals surface area contributed by atoms with Gasteiger partial charge >= 0.3 is 0 Å². The second-order valence-corrected chi connectivity index (χ2v) is 5.85. The molecule has 1 heterocycles. The quantitative estimate of drug-likeness (QED) is 0.757. The number of benzene rings is 1. The zero-order valence-corrected chi connectivity index (χ0v) is 13.1. The molecule has 1 atom stereocenters. The van der Waals surface area contributed by atoms with Crippen LogP contribution in [0.2, 0.25) is 0 Å². The molecule has 0 fully saturated rings. The molecule has 0 saturated heterocycles. The molecule has 88 valence electrons. The lowest BCUT2D eigenvalue weighted by atomic mass is 10.1. The molecule has 0 aliphatic carbocycles. The Morgan fingerprint density at radius 1 is 1.35 bits per heavy atom. The molecule has 17 heavy (non-hydrogen) atoms. The second-order valence-electron chi connectivity index (χ2n) is 3.78. The van der Waals surface area contributed by atoms with Gasteiger partial charge in [-0.3, -0.25) is 4.98 Å². The standard InChI is InChI=1S/C13H12BrIN2/c1-9(10-3-2-6-16-8-10)17-13-7-11(14)4-5-12(13)15/h2-9,17H,1H3. The lowest BCUT2D eigenvalue weighted by Crippen LogP contribution is -2.07. The summed E-state index contributed by atoms with van der Waals surface area (Å²) < 4.78 is 2.29. The summed E-state index contributed by atoms with van der Waals surface area (Å²) in [5.41, 5.74) is 2.32. The Hall–Kier alpha value is -0.620. The van der Waals surface area contributed by atoms with Crippen LogP contribution in [0, 0.1) is 3.57 Å². The SMILES string of the molecule is CC(Nc1cc(Br)ccc1I)c1cccnc1. The van der Waals surface area contributed by atoms with Crippen molar-refractivity contribution >= 4 is 44.2 Å². The molecular formula is C13H12BrIN2. The number of nitrogens with zero attached hydrogens (tertiary/aromatic N) is 1. The van der Waals surface area contributed by atoms with Crippen LogP contribution in [0.1, 0.15) is 18.5 Å². The molecule has 0 saturated carbocycles. The fraction of sp³-hybridized carbons (Fsp3) is 0.154. The van der Waals surface area contributed by atoms with Crippen molar-refractivity contribution in [1.29, 1.82) is 0 Å². The van der Waals surface area contributed by atoms with Gasteiger partial charge in [0.1, 0.15) is 0 Å². The van der Waals surface area contributed by atoms with Gasteiger partial charge in [-0.1, -0.05) is 22.0 Å². The summed E-state index contributed by atoms with van der Waals surface area (Å²) in [6, 6.07) is 10.5. The summed E-state index contributed by atoms with van der Waals surface area (Å²) in [6.07, 6.45) is 3.68. The highest BCUT2D eigenvalue weighted by molar-refractivity contribution is 14.1. The van der Waals surface area contributed by atoms with Gasteiger partial charge < -0.3 is 5.32 Å². The largest absolute Gasteiger partial charge is 0.378 e. The van der Waals surface area contributed by atoms with Gasteiger partial charge in [0.2, 0.25) is 0 Å². The number of hydrogen-bond donors (Lipinski definition) is 1. The third-order valence-electron chi connectivity index (χ3n) is 2.48. The van der Waals surface area contributed by atoms with E-state index in [0.717, 1.165) is 10.2 Å². The van der Waals surface area contributed by atoms with Gasteiger partial charge in [0.15, 0.2) is 0 Å². The maximum atomic E-state index is 4.14. The molecular weight excluding hydrogens is 391 g/mol. The van der Waals surface area contributed by atoms with E-state index in [1.165, 1.54) is 9.13 Å². The molecule has 2 nitrogen and oxygen atoms in total. The first-order valence-corrected chi connectivity index (χ1v) is 7.15. The van der Waals surface area contributed by atoms with E-state index in [1.54, 1.807) is 6.20 Å². The molecule has 1 unspecified atom stereocenters. The van der Waals surface area contributed by atoms with E-state index in [-0.39, 0.29) is 6.04 Å². The van der Waals surface area contributed by atoms with Crippen LogP contribution in [0.25, 0.3) is 0 Å². The second kappa shape index (κ2) is 5.82. The molecule has 2 rings (SSSR count). The molecule has 1 N–H and O–H groups in total. The molecule has 4 heteroatoms. The third-order valence-corrected chi connectivity index (χ3v) is 3.92. The predicted octanol–water partition coefficient (Wildman–Crippen LogP) is 4.62. The van der Waals surface area contributed by atoms with Crippen molar-refractivity contribution in [3.63, 3.8) is 0 Å². The van der Waals surface area contributed by atoms with Crippen molar-refractivity contribution in [2.24, 2.45) is 0 Å². The number of rotatable bonds is 3. The number of anilines is 1. The maximum absolute atomic E-state index is 4.14. The average Bonchev–Trinajstić information content (AvgIpc) is 2.35. The maximum Gasteiger partial charge on any atom is 0.0501 e. The van der Waals surface area contributed by atoms with Crippen LogP contribution in [-0.4, -0.2) is 4.98 Å². The van der Waals surface area contributed by atoms with Crippen LogP contribution < -0.4 is 5.32 Å². The molecule has 0 bridgehead atoms. The molecule has 1 aromatic carbocycles. The van der Waals surface area contributed by atoms with E-state index < -0.39 is 0 Å². The summed E-state index contributed by atoms with van der Waals surface area (Å²) in [7, 11) is 0. The van der Waals surface area contributed by atoms with Gasteiger partial charge in [-0.15, -0.1) is 0 Å². The Morgan fingerprint density at radius 3 is 2.88 bits per heavy atom. The Labute approximate surface area is 123 Å². The van der Waals surface area contributed by atoms with Crippen molar-refractivity contribution in [1.82, 2.24) is 4.98 Å². The minimum absolute atomic E-state index is 0.242. The zero-order valence-electron chi connectivity index (χ0n) is 9.32. The highest BCUT2D eigenvalue weighted by atomic mass is 127. The van der Waals surface area contributed by atoms with Gasteiger partial charge in [-0.05, 0) is 59.3 Å². The van der Waals surface area contributed by atoms with Crippen molar-refractivity contribution in [3.05, 3.63) is 56.3 Å². The molecule has 0 aliphatic heterocycles. The first-order chi connectivity index (χ1) is 8.16. The smallest absolute Gasteiger partial charge is 0.0501 e. The lowest BCUT2D eigenvalue weighted by molar-refractivity contribution is 0.874. The highest BCUT2D eigenvalue weighted by Gasteiger charge is 2.07. The van der Waals surface area contributed by atoms with E-state index in [0.29, 0.717) is 0 Å². The van der Waals surface area contributed by atoms with Crippen molar-refractivity contribution in [3.8, 4) is 0 Å². The Kier molecular flexibility index (Phi) is 4.39. The van der Waals surface area contributed by atoms with Crippen molar-refractivity contribution < 1.29 is 0 Å². The lowest BCUT2D eigenvalue weighted by Gasteiger charge is -2.16. The Bertz CT molecular complexity index is 502. The predicted molar refractivity (Wildman–Crippen MR) is 83.1 cm³/mol. The molecule has 0 amide bonds. The Morgan fingerprint density at radius 2 is 2.18 bits per heavy atom. The zero-order chi connectivity index (χ0) is 12.3. The van der Waals surface area contributed by atoms with Gasteiger partial charge in [0.25, 0.3) is 0 Å².